The van der Waals surface area contributed by atoms with Crippen molar-refractivity contribution in [2.24, 2.45) is 5.73 Å². The first kappa shape index (κ1) is 15.9. The highest BCUT2D eigenvalue weighted by Gasteiger charge is 2.46. The van der Waals surface area contributed by atoms with Crippen LogP contribution in [0.4, 0.5) is 21.0 Å². The Morgan fingerprint density at radius 3 is 2.74 bits per heavy atom. The molecule has 0 aromatic heterocycles. The molecule has 0 spiro atoms. The lowest BCUT2D eigenvalue weighted by atomic mass is 10.1. The third kappa shape index (κ3) is 2.83. The molecule has 1 fully saturated rings. The van der Waals surface area contributed by atoms with Gasteiger partial charge >= 0.3 is 12.1 Å². The Kier molecular flexibility index (Phi) is 3.68. The normalized spacial score (nSPS) is 23.5. The van der Waals surface area contributed by atoms with Crippen molar-refractivity contribution >= 4 is 45.2 Å². The van der Waals surface area contributed by atoms with Crippen LogP contribution in [-0.2, 0) is 10.0 Å². The van der Waals surface area contributed by atoms with Gasteiger partial charge in [-0.15, -0.1) is 11.8 Å². The molecule has 0 bridgehead atoms. The predicted molar refractivity (Wildman–Crippen MR) is 88.2 cm³/mol. The van der Waals surface area contributed by atoms with E-state index in [0.717, 1.165) is 16.1 Å². The van der Waals surface area contributed by atoms with Crippen LogP contribution in [0.15, 0.2) is 23.1 Å². The largest absolute Gasteiger partial charge is 0.351 e. The van der Waals surface area contributed by atoms with Crippen LogP contribution < -0.4 is 15.4 Å². The van der Waals surface area contributed by atoms with E-state index in [4.69, 9.17) is 5.73 Å². The first-order chi connectivity index (χ1) is 10.7. The van der Waals surface area contributed by atoms with Gasteiger partial charge in [-0.3, -0.25) is 9.62 Å². The van der Waals surface area contributed by atoms with Crippen molar-refractivity contribution in [1.29, 1.82) is 0 Å². The van der Waals surface area contributed by atoms with Crippen molar-refractivity contribution < 1.29 is 18.0 Å². The van der Waals surface area contributed by atoms with Gasteiger partial charge in [-0.05, 0) is 18.2 Å². The van der Waals surface area contributed by atoms with Crippen molar-refractivity contribution in [1.82, 2.24) is 4.90 Å². The minimum atomic E-state index is -3.42. The molecule has 2 atom stereocenters. The molecule has 124 valence electrons. The van der Waals surface area contributed by atoms with Crippen LogP contribution in [0.2, 0.25) is 0 Å². The van der Waals surface area contributed by atoms with Gasteiger partial charge in [0.2, 0.25) is 10.0 Å². The Hall–Kier alpha value is -1.94. The number of rotatable bonds is 2. The lowest BCUT2D eigenvalue weighted by Gasteiger charge is -2.34. The number of anilines is 2. The van der Waals surface area contributed by atoms with Crippen LogP contribution in [0.5, 0.6) is 0 Å². The van der Waals surface area contributed by atoms with E-state index in [-0.39, 0.29) is 17.8 Å². The highest BCUT2D eigenvalue weighted by Crippen LogP contribution is 2.45. The smallest absolute Gasteiger partial charge is 0.333 e. The number of hydrogen-bond acceptors (Lipinski definition) is 5. The molecule has 1 saturated heterocycles. The number of hydrogen-bond donors (Lipinski definition) is 2. The van der Waals surface area contributed by atoms with Gasteiger partial charge in [0.15, 0.2) is 0 Å². The van der Waals surface area contributed by atoms with Gasteiger partial charge in [-0.1, -0.05) is 6.92 Å². The van der Waals surface area contributed by atoms with E-state index in [1.54, 1.807) is 30.0 Å². The fourth-order valence-corrected chi connectivity index (χ4v) is 4.55. The van der Waals surface area contributed by atoms with Gasteiger partial charge in [0.05, 0.1) is 30.2 Å². The molecular weight excluding hydrogens is 340 g/mol. The molecule has 3 N–H and O–H groups in total. The minimum absolute atomic E-state index is 0.0875. The topological polar surface area (TPSA) is 113 Å². The highest BCUT2D eigenvalue weighted by atomic mass is 32.2. The SMILES string of the molecule is CC1Sc2ccc(NS(C)(=O)=O)cc2N2C(=O)N(C(N)=O)CC12. The summed E-state index contributed by atoms with van der Waals surface area (Å²) >= 11 is 1.58. The second kappa shape index (κ2) is 5.31. The second-order valence-corrected chi connectivity index (χ2v) is 8.72. The molecule has 2 unspecified atom stereocenters. The average molecular weight is 356 g/mol. The van der Waals surface area contributed by atoms with Crippen LogP contribution in [-0.4, -0.2) is 49.5 Å². The number of carbonyl (C=O) groups is 2. The van der Waals surface area contributed by atoms with E-state index in [1.165, 1.54) is 4.90 Å². The number of fused-ring (bicyclic) bond motifs is 3. The predicted octanol–water partition coefficient (Wildman–Crippen LogP) is 1.24. The zero-order valence-corrected chi connectivity index (χ0v) is 14.1. The first-order valence-corrected chi connectivity index (χ1v) is 9.63. The molecule has 4 amide bonds. The molecule has 10 heteroatoms. The summed E-state index contributed by atoms with van der Waals surface area (Å²) in [5.41, 5.74) is 6.21. The number of primary amides is 1. The molecule has 1 aromatic carbocycles. The van der Waals surface area contributed by atoms with Crippen molar-refractivity contribution in [3.63, 3.8) is 0 Å². The van der Waals surface area contributed by atoms with Crippen LogP contribution in [0.25, 0.3) is 0 Å². The molecule has 3 rings (SSSR count). The third-order valence-electron chi connectivity index (χ3n) is 3.78. The monoisotopic (exact) mass is 356 g/mol. The lowest BCUT2D eigenvalue weighted by Crippen LogP contribution is -2.43. The van der Waals surface area contributed by atoms with Gasteiger partial charge < -0.3 is 5.73 Å². The molecule has 1 aromatic rings. The summed E-state index contributed by atoms with van der Waals surface area (Å²) in [6.45, 7) is 2.21. The molecule has 2 heterocycles. The van der Waals surface area contributed by atoms with E-state index < -0.39 is 22.1 Å². The summed E-state index contributed by atoms with van der Waals surface area (Å²) < 4.78 is 25.2. The first-order valence-electron chi connectivity index (χ1n) is 6.86. The number of urea groups is 2. The van der Waals surface area contributed by atoms with E-state index in [2.05, 4.69) is 4.72 Å². The molecule has 0 radical (unpaired) electrons. The number of thioether (sulfide) groups is 1. The van der Waals surface area contributed by atoms with Gasteiger partial charge in [-0.2, -0.15) is 0 Å². The number of imide groups is 1. The summed E-state index contributed by atoms with van der Waals surface area (Å²) in [5, 5.41) is 0.0875. The molecule has 8 nitrogen and oxygen atoms in total. The van der Waals surface area contributed by atoms with Crippen LogP contribution in [0, 0.1) is 0 Å². The van der Waals surface area contributed by atoms with E-state index >= 15 is 0 Å². The number of nitrogens with one attached hydrogen (secondary N) is 1. The molecule has 2 aliphatic rings. The summed E-state index contributed by atoms with van der Waals surface area (Å²) in [7, 11) is -3.42. The zero-order valence-electron chi connectivity index (χ0n) is 12.5. The summed E-state index contributed by atoms with van der Waals surface area (Å²) in [4.78, 5) is 27.3. The number of nitrogens with two attached hydrogens (primary N) is 1. The van der Waals surface area contributed by atoms with E-state index in [0.29, 0.717) is 11.4 Å². The van der Waals surface area contributed by atoms with Gasteiger partial charge in [-0.25, -0.2) is 22.9 Å². The van der Waals surface area contributed by atoms with Gasteiger partial charge in [0.25, 0.3) is 0 Å². The van der Waals surface area contributed by atoms with Crippen LogP contribution in [0.1, 0.15) is 6.92 Å². The van der Waals surface area contributed by atoms with E-state index in [1.807, 2.05) is 6.92 Å². The Morgan fingerprint density at radius 2 is 2.13 bits per heavy atom. The Bertz CT molecular complexity index is 795. The van der Waals surface area contributed by atoms with Crippen molar-refractivity contribution in [2.75, 3.05) is 22.4 Å². The van der Waals surface area contributed by atoms with Gasteiger partial charge in [0.1, 0.15) is 0 Å². The second-order valence-electron chi connectivity index (χ2n) is 5.55. The van der Waals surface area contributed by atoms with Crippen molar-refractivity contribution in [3.05, 3.63) is 18.2 Å². The number of benzene rings is 1. The average Bonchev–Trinajstić information content (AvgIpc) is 2.77. The fourth-order valence-electron chi connectivity index (χ4n) is 2.80. The Morgan fingerprint density at radius 1 is 1.43 bits per heavy atom. The highest BCUT2D eigenvalue weighted by molar-refractivity contribution is 8.00. The summed E-state index contributed by atoms with van der Waals surface area (Å²) in [6.07, 6.45) is 1.06. The number of sulfonamides is 1. The standard InChI is InChI=1S/C13H16N4O4S2/c1-7-10-6-16(12(14)18)13(19)17(10)9-5-8(15-23(2,20)21)3-4-11(9)22-7/h3-5,7,10,15H,6H2,1-2H3,(H2,14,18). The fraction of sp³-hybridized carbons (Fsp3) is 0.385. The third-order valence-corrected chi connectivity index (χ3v) is 5.67. The lowest BCUT2D eigenvalue weighted by molar-refractivity contribution is 0.206. The molecule has 0 aliphatic carbocycles. The number of amides is 4. The zero-order chi connectivity index (χ0) is 16.9. The molecular formula is C13H16N4O4S2. The maximum atomic E-state index is 12.5. The Labute approximate surface area is 138 Å². The number of carbonyl (C=O) groups excluding carboxylic acids is 2. The van der Waals surface area contributed by atoms with Crippen molar-refractivity contribution in [2.45, 2.75) is 23.1 Å². The quantitative estimate of drug-likeness (QED) is 0.828. The summed E-state index contributed by atoms with van der Waals surface area (Å²) in [5.74, 6) is 0. The molecule has 0 saturated carbocycles. The van der Waals surface area contributed by atoms with Crippen LogP contribution in [0.3, 0.4) is 0 Å². The van der Waals surface area contributed by atoms with Gasteiger partial charge in [0, 0.05) is 10.1 Å². The van der Waals surface area contributed by atoms with Crippen molar-refractivity contribution in [3.8, 4) is 0 Å². The molecule has 23 heavy (non-hydrogen) atoms. The summed E-state index contributed by atoms with van der Waals surface area (Å²) in [6, 6.07) is 3.55. The Balaban J connectivity index is 2.04. The van der Waals surface area contributed by atoms with Crippen LogP contribution >= 0.6 is 11.8 Å². The maximum absolute atomic E-state index is 12.5. The number of nitrogens with zero attached hydrogens (tertiary/aromatic N) is 2. The van der Waals surface area contributed by atoms with E-state index in [9.17, 15) is 18.0 Å². The molecule has 2 aliphatic heterocycles. The maximum Gasteiger partial charge on any atom is 0.333 e. The minimum Gasteiger partial charge on any atom is -0.351 e.